The van der Waals surface area contributed by atoms with Gasteiger partial charge in [-0.2, -0.15) is 0 Å². The molecule has 4 heteroatoms. The third-order valence-corrected chi connectivity index (χ3v) is 5.47. The molecule has 86 valence electrons. The Labute approximate surface area is 109 Å². The van der Waals surface area contributed by atoms with Crippen LogP contribution >= 0.6 is 34.3 Å². The van der Waals surface area contributed by atoms with Crippen molar-refractivity contribution in [2.24, 2.45) is 5.73 Å². The van der Waals surface area contributed by atoms with Crippen LogP contribution in [-0.2, 0) is 6.42 Å². The number of rotatable bonds is 3. The molecule has 2 aromatic heterocycles. The van der Waals surface area contributed by atoms with Crippen LogP contribution in [0.25, 0.3) is 0 Å². The first-order valence-corrected chi connectivity index (χ1v) is 7.23. The lowest BCUT2D eigenvalue weighted by Crippen LogP contribution is -2.07. The fourth-order valence-electron chi connectivity index (χ4n) is 1.53. The molecule has 0 radical (unpaired) electrons. The minimum atomic E-state index is -0.0264. The summed E-state index contributed by atoms with van der Waals surface area (Å²) in [5.74, 6) is 0. The molecule has 0 amide bonds. The van der Waals surface area contributed by atoms with Gasteiger partial charge in [-0.15, -0.1) is 22.7 Å². The fourth-order valence-corrected chi connectivity index (χ4v) is 3.81. The summed E-state index contributed by atoms with van der Waals surface area (Å²) in [5, 5.41) is 0. The fraction of sp³-hybridized carbons (Fsp3) is 0.333. The van der Waals surface area contributed by atoms with Gasteiger partial charge in [-0.25, -0.2) is 0 Å². The molecule has 0 aliphatic carbocycles. The van der Waals surface area contributed by atoms with Crippen LogP contribution in [0.15, 0.2) is 18.2 Å². The minimum absolute atomic E-state index is 0.0264. The van der Waals surface area contributed by atoms with Gasteiger partial charge in [-0.1, -0.05) is 18.5 Å². The van der Waals surface area contributed by atoms with Crippen LogP contribution in [0, 0.1) is 6.92 Å². The Morgan fingerprint density at radius 1 is 1.31 bits per heavy atom. The maximum absolute atomic E-state index is 6.23. The predicted molar refractivity (Wildman–Crippen MR) is 73.8 cm³/mol. The molecular weight excluding hydrogens is 258 g/mol. The molecule has 2 aromatic rings. The van der Waals surface area contributed by atoms with E-state index in [1.54, 1.807) is 22.7 Å². The second-order valence-electron chi connectivity index (χ2n) is 3.74. The van der Waals surface area contributed by atoms with Crippen molar-refractivity contribution in [3.05, 3.63) is 42.7 Å². The largest absolute Gasteiger partial charge is 0.319 e. The van der Waals surface area contributed by atoms with E-state index in [0.717, 1.165) is 21.2 Å². The number of halogens is 1. The lowest BCUT2D eigenvalue weighted by molar-refractivity contribution is 0.916. The predicted octanol–water partition coefficient (Wildman–Crippen LogP) is 4.38. The molecule has 0 aliphatic rings. The van der Waals surface area contributed by atoms with Gasteiger partial charge in [0, 0.05) is 14.6 Å². The molecule has 2 rings (SSSR count). The van der Waals surface area contributed by atoms with Crippen molar-refractivity contribution in [1.82, 2.24) is 0 Å². The second-order valence-corrected chi connectivity index (χ2v) is 6.63. The van der Waals surface area contributed by atoms with Crippen LogP contribution in [0.2, 0.25) is 4.34 Å². The zero-order chi connectivity index (χ0) is 11.7. The maximum Gasteiger partial charge on any atom is 0.0961 e. The summed E-state index contributed by atoms with van der Waals surface area (Å²) in [6, 6.07) is 6.34. The molecular formula is C12H14ClNS2. The molecule has 1 unspecified atom stereocenters. The molecule has 0 bridgehead atoms. The molecule has 2 heterocycles. The summed E-state index contributed by atoms with van der Waals surface area (Å²) in [7, 11) is 0. The highest BCUT2D eigenvalue weighted by Gasteiger charge is 2.15. The molecule has 1 atom stereocenters. The highest BCUT2D eigenvalue weighted by atomic mass is 35.5. The van der Waals surface area contributed by atoms with Crippen LogP contribution in [0.4, 0.5) is 0 Å². The van der Waals surface area contributed by atoms with E-state index < -0.39 is 0 Å². The molecule has 0 saturated carbocycles. The van der Waals surface area contributed by atoms with E-state index in [0.29, 0.717) is 0 Å². The van der Waals surface area contributed by atoms with Crippen LogP contribution < -0.4 is 5.73 Å². The summed E-state index contributed by atoms with van der Waals surface area (Å²) in [6.45, 7) is 4.17. The molecule has 1 nitrogen and oxygen atoms in total. The van der Waals surface area contributed by atoms with Crippen molar-refractivity contribution in [2.45, 2.75) is 26.3 Å². The van der Waals surface area contributed by atoms with Crippen molar-refractivity contribution < 1.29 is 0 Å². The van der Waals surface area contributed by atoms with E-state index in [4.69, 9.17) is 17.3 Å². The first-order valence-electron chi connectivity index (χ1n) is 5.21. The summed E-state index contributed by atoms with van der Waals surface area (Å²) >= 11 is 9.43. The van der Waals surface area contributed by atoms with Crippen molar-refractivity contribution in [3.63, 3.8) is 0 Å². The third-order valence-electron chi connectivity index (χ3n) is 2.52. The van der Waals surface area contributed by atoms with Crippen LogP contribution in [0.1, 0.15) is 33.2 Å². The average Bonchev–Trinajstić information content (AvgIpc) is 2.86. The Morgan fingerprint density at radius 3 is 2.56 bits per heavy atom. The summed E-state index contributed by atoms with van der Waals surface area (Å²) < 4.78 is 0.845. The van der Waals surface area contributed by atoms with E-state index in [1.807, 2.05) is 6.92 Å². The number of nitrogens with two attached hydrogens (primary N) is 1. The Balaban J connectivity index is 2.27. The monoisotopic (exact) mass is 271 g/mol. The van der Waals surface area contributed by atoms with Gasteiger partial charge in [0.2, 0.25) is 0 Å². The molecule has 0 spiro atoms. The number of hydrogen-bond donors (Lipinski definition) is 1. The highest BCUT2D eigenvalue weighted by Crippen LogP contribution is 2.35. The van der Waals surface area contributed by atoms with Crippen molar-refractivity contribution in [2.75, 3.05) is 0 Å². The number of thiophene rings is 2. The molecule has 0 aromatic carbocycles. The quantitative estimate of drug-likeness (QED) is 0.881. The smallest absolute Gasteiger partial charge is 0.0961 e. The second kappa shape index (κ2) is 4.88. The summed E-state index contributed by atoms with van der Waals surface area (Å²) in [6.07, 6.45) is 1.07. The SMILES string of the molecule is CCc1ccc(C(N)c2cc(C)c(Cl)s2)s1. The van der Waals surface area contributed by atoms with Crippen molar-refractivity contribution >= 4 is 34.3 Å². The molecule has 16 heavy (non-hydrogen) atoms. The number of hydrogen-bond acceptors (Lipinski definition) is 3. The zero-order valence-electron chi connectivity index (χ0n) is 9.29. The van der Waals surface area contributed by atoms with E-state index in [-0.39, 0.29) is 6.04 Å². The molecule has 0 fully saturated rings. The van der Waals surface area contributed by atoms with E-state index in [2.05, 4.69) is 25.1 Å². The average molecular weight is 272 g/mol. The number of aryl methyl sites for hydroxylation is 2. The van der Waals surface area contributed by atoms with Crippen LogP contribution in [0.5, 0.6) is 0 Å². The van der Waals surface area contributed by atoms with E-state index >= 15 is 0 Å². The van der Waals surface area contributed by atoms with Gasteiger partial charge in [0.15, 0.2) is 0 Å². The molecule has 0 saturated heterocycles. The van der Waals surface area contributed by atoms with Gasteiger partial charge in [0.25, 0.3) is 0 Å². The summed E-state index contributed by atoms with van der Waals surface area (Å²) in [5.41, 5.74) is 7.34. The normalized spacial score (nSPS) is 13.0. The Bertz CT molecular complexity index is 467. The third kappa shape index (κ3) is 2.33. The maximum atomic E-state index is 6.23. The van der Waals surface area contributed by atoms with E-state index in [1.165, 1.54) is 9.75 Å². The van der Waals surface area contributed by atoms with Crippen molar-refractivity contribution in [3.8, 4) is 0 Å². The molecule has 0 aliphatic heterocycles. The first kappa shape index (κ1) is 12.1. The lowest BCUT2D eigenvalue weighted by Gasteiger charge is -2.05. The zero-order valence-corrected chi connectivity index (χ0v) is 11.7. The lowest BCUT2D eigenvalue weighted by atomic mass is 10.2. The van der Waals surface area contributed by atoms with Gasteiger partial charge in [0.1, 0.15) is 0 Å². The molecule has 2 N–H and O–H groups in total. The standard InChI is InChI=1S/C12H14ClNS2/c1-3-8-4-5-9(15-8)11(14)10-6-7(2)12(13)16-10/h4-6,11H,3,14H2,1-2H3. The first-order chi connectivity index (χ1) is 7.61. The Kier molecular flexibility index (Phi) is 3.70. The topological polar surface area (TPSA) is 26.0 Å². The van der Waals surface area contributed by atoms with Crippen LogP contribution in [-0.4, -0.2) is 0 Å². The van der Waals surface area contributed by atoms with Gasteiger partial charge in [0.05, 0.1) is 10.4 Å². The minimum Gasteiger partial charge on any atom is -0.319 e. The Morgan fingerprint density at radius 2 is 2.06 bits per heavy atom. The summed E-state index contributed by atoms with van der Waals surface area (Å²) in [4.78, 5) is 3.74. The highest BCUT2D eigenvalue weighted by molar-refractivity contribution is 7.17. The Hall–Kier alpha value is -0.350. The van der Waals surface area contributed by atoms with E-state index in [9.17, 15) is 0 Å². The van der Waals surface area contributed by atoms with Gasteiger partial charge >= 0.3 is 0 Å². The van der Waals surface area contributed by atoms with Gasteiger partial charge < -0.3 is 5.73 Å². The van der Waals surface area contributed by atoms with Crippen molar-refractivity contribution in [1.29, 1.82) is 0 Å². The van der Waals surface area contributed by atoms with Crippen LogP contribution in [0.3, 0.4) is 0 Å². The van der Waals surface area contributed by atoms with Gasteiger partial charge in [-0.05, 0) is 37.1 Å². The van der Waals surface area contributed by atoms with Gasteiger partial charge in [-0.3, -0.25) is 0 Å².